The first kappa shape index (κ1) is 20.6. The molecule has 1 aliphatic rings. The third-order valence-corrected chi connectivity index (χ3v) is 7.07. The highest BCUT2D eigenvalue weighted by Gasteiger charge is 2.18. The van der Waals surface area contributed by atoms with Gasteiger partial charge >= 0.3 is 0 Å². The minimum Gasteiger partial charge on any atom is -0.302 e. The molecular formula is C24H25N5O2S. The molecule has 7 nitrogen and oxygen atoms in total. The number of benzene rings is 1. The van der Waals surface area contributed by atoms with Crippen LogP contribution in [0.15, 0.2) is 28.4 Å². The van der Waals surface area contributed by atoms with E-state index in [1.807, 2.05) is 19.2 Å². The van der Waals surface area contributed by atoms with Gasteiger partial charge in [-0.2, -0.15) is 0 Å². The number of H-pyrrole nitrogens is 1. The van der Waals surface area contributed by atoms with E-state index in [9.17, 15) is 9.59 Å². The van der Waals surface area contributed by atoms with Crippen LogP contribution < -0.4 is 10.9 Å². The second-order valence-electron chi connectivity index (χ2n) is 8.45. The van der Waals surface area contributed by atoms with Crippen molar-refractivity contribution in [3.8, 4) is 11.3 Å². The molecule has 0 saturated heterocycles. The maximum atomic E-state index is 12.8. The molecule has 2 N–H and O–H groups in total. The van der Waals surface area contributed by atoms with Gasteiger partial charge in [0.25, 0.3) is 5.56 Å². The first-order chi connectivity index (χ1) is 15.4. The fourth-order valence-electron chi connectivity index (χ4n) is 4.59. The summed E-state index contributed by atoms with van der Waals surface area (Å²) in [6.45, 7) is 3.73. The third-order valence-electron chi connectivity index (χ3n) is 6.31. The first-order valence-corrected chi connectivity index (χ1v) is 11.7. The Labute approximate surface area is 189 Å². The lowest BCUT2D eigenvalue weighted by Gasteiger charge is -2.16. The molecule has 4 aromatic rings. The monoisotopic (exact) mass is 447 g/mol. The molecular weight excluding hydrogens is 422 g/mol. The van der Waals surface area contributed by atoms with Crippen LogP contribution in [-0.2, 0) is 31.1 Å². The van der Waals surface area contributed by atoms with Crippen molar-refractivity contribution in [2.75, 3.05) is 5.32 Å². The van der Waals surface area contributed by atoms with Gasteiger partial charge in [-0.15, -0.1) is 11.3 Å². The summed E-state index contributed by atoms with van der Waals surface area (Å²) in [7, 11) is 1.75. The van der Waals surface area contributed by atoms with Gasteiger partial charge in [0.05, 0.1) is 17.5 Å². The number of rotatable bonds is 4. The van der Waals surface area contributed by atoms with E-state index in [0.717, 1.165) is 40.9 Å². The lowest BCUT2D eigenvalue weighted by molar-refractivity contribution is -0.115. The van der Waals surface area contributed by atoms with Crippen molar-refractivity contribution in [1.82, 2.24) is 19.7 Å². The van der Waals surface area contributed by atoms with Crippen LogP contribution in [-0.4, -0.2) is 25.7 Å². The summed E-state index contributed by atoms with van der Waals surface area (Å²) in [5.41, 5.74) is 7.55. The number of pyridine rings is 1. The first-order valence-electron chi connectivity index (χ1n) is 10.8. The number of hydrogen-bond donors (Lipinski definition) is 2. The molecule has 0 spiro atoms. The van der Waals surface area contributed by atoms with Gasteiger partial charge in [0.15, 0.2) is 10.8 Å². The largest absolute Gasteiger partial charge is 0.302 e. The van der Waals surface area contributed by atoms with Crippen molar-refractivity contribution in [1.29, 1.82) is 0 Å². The fraction of sp³-hybridized carbons (Fsp3) is 0.333. The number of aromatic nitrogens is 4. The van der Waals surface area contributed by atoms with Crippen LogP contribution in [0, 0.1) is 13.8 Å². The van der Waals surface area contributed by atoms with Gasteiger partial charge in [-0.3, -0.25) is 19.4 Å². The van der Waals surface area contributed by atoms with Crippen molar-refractivity contribution in [3.05, 3.63) is 61.9 Å². The molecule has 0 unspecified atom stereocenters. The third kappa shape index (κ3) is 3.64. The maximum Gasteiger partial charge on any atom is 0.273 e. The van der Waals surface area contributed by atoms with Gasteiger partial charge in [-0.05, 0) is 67.9 Å². The average molecular weight is 448 g/mol. The zero-order chi connectivity index (χ0) is 22.4. The van der Waals surface area contributed by atoms with Gasteiger partial charge in [0.2, 0.25) is 5.91 Å². The van der Waals surface area contributed by atoms with Gasteiger partial charge < -0.3 is 5.32 Å². The normalized spacial score (nSPS) is 13.3. The number of carbonyl (C=O) groups excluding carboxylic acids is 1. The summed E-state index contributed by atoms with van der Waals surface area (Å²) in [6, 6.07) is 6.57. The Morgan fingerprint density at radius 3 is 2.78 bits per heavy atom. The van der Waals surface area contributed by atoms with Crippen LogP contribution in [0.25, 0.3) is 22.3 Å². The molecule has 0 fully saturated rings. The van der Waals surface area contributed by atoms with Crippen molar-refractivity contribution in [2.24, 2.45) is 7.05 Å². The number of nitrogens with zero attached hydrogens (tertiary/aromatic N) is 3. The molecule has 1 aromatic carbocycles. The quantitative estimate of drug-likeness (QED) is 0.493. The lowest BCUT2D eigenvalue weighted by atomic mass is 9.90. The number of aryl methyl sites for hydroxylation is 5. The van der Waals surface area contributed by atoms with E-state index in [-0.39, 0.29) is 17.9 Å². The SMILES string of the molecule is Cc1nc2c(c(C)c1CC(=O)Nc1nc(-c3ccc4c(c3)CCCC4)cs1)c(=O)[nH]n2C. The van der Waals surface area contributed by atoms with Crippen molar-refractivity contribution >= 4 is 33.4 Å². The Hall–Kier alpha value is -3.26. The molecule has 32 heavy (non-hydrogen) atoms. The van der Waals surface area contributed by atoms with E-state index in [1.165, 1.54) is 35.3 Å². The zero-order valence-electron chi connectivity index (χ0n) is 18.4. The van der Waals surface area contributed by atoms with Gasteiger partial charge in [0.1, 0.15) is 0 Å². The molecule has 5 rings (SSSR count). The minimum absolute atomic E-state index is 0.142. The van der Waals surface area contributed by atoms with Crippen LogP contribution in [0.5, 0.6) is 0 Å². The number of fused-ring (bicyclic) bond motifs is 2. The molecule has 1 aliphatic carbocycles. The Balaban J connectivity index is 1.35. The Bertz CT molecular complexity index is 1410. The number of nitrogens with one attached hydrogen (secondary N) is 2. The van der Waals surface area contributed by atoms with E-state index in [1.54, 1.807) is 11.7 Å². The second-order valence-corrected chi connectivity index (χ2v) is 9.31. The number of carbonyl (C=O) groups is 1. The summed E-state index contributed by atoms with van der Waals surface area (Å²) >= 11 is 1.42. The number of aromatic amines is 1. The Morgan fingerprint density at radius 1 is 1.19 bits per heavy atom. The van der Waals surface area contributed by atoms with Crippen LogP contribution in [0.3, 0.4) is 0 Å². The van der Waals surface area contributed by atoms with Gasteiger partial charge in [0, 0.05) is 23.7 Å². The van der Waals surface area contributed by atoms with Crippen LogP contribution in [0.1, 0.15) is 40.8 Å². The predicted octanol–water partition coefficient (Wildman–Crippen LogP) is 4.06. The van der Waals surface area contributed by atoms with Crippen molar-refractivity contribution < 1.29 is 4.79 Å². The number of hydrogen-bond acceptors (Lipinski definition) is 5. The molecule has 0 aliphatic heterocycles. The fourth-order valence-corrected chi connectivity index (χ4v) is 5.32. The molecule has 8 heteroatoms. The molecule has 0 saturated carbocycles. The summed E-state index contributed by atoms with van der Waals surface area (Å²) in [5, 5.41) is 8.73. The molecule has 3 heterocycles. The van der Waals surface area contributed by atoms with E-state index in [4.69, 9.17) is 0 Å². The van der Waals surface area contributed by atoms with Gasteiger partial charge in [-0.1, -0.05) is 12.1 Å². The minimum atomic E-state index is -0.191. The van der Waals surface area contributed by atoms with Crippen molar-refractivity contribution in [2.45, 2.75) is 46.0 Å². The highest BCUT2D eigenvalue weighted by Crippen LogP contribution is 2.30. The number of amides is 1. The maximum absolute atomic E-state index is 12.8. The highest BCUT2D eigenvalue weighted by atomic mass is 32.1. The average Bonchev–Trinajstić information content (AvgIpc) is 3.34. The van der Waals surface area contributed by atoms with Gasteiger partial charge in [-0.25, -0.2) is 9.97 Å². The van der Waals surface area contributed by atoms with Crippen LogP contribution >= 0.6 is 11.3 Å². The zero-order valence-corrected chi connectivity index (χ0v) is 19.2. The van der Waals surface area contributed by atoms with E-state index >= 15 is 0 Å². The standard InChI is InChI=1S/C24H25N5O2S/c1-13-18(14(2)25-22-21(13)23(31)28-29(22)3)11-20(30)27-24-26-19(12-32-24)17-9-8-15-6-4-5-7-16(15)10-17/h8-10,12H,4-7,11H2,1-3H3,(H,28,31)(H,26,27,30). The Morgan fingerprint density at radius 2 is 1.97 bits per heavy atom. The van der Waals surface area contributed by atoms with E-state index in [2.05, 4.69) is 38.6 Å². The Kier molecular flexibility index (Phi) is 5.17. The molecule has 0 radical (unpaired) electrons. The molecule has 0 bridgehead atoms. The predicted molar refractivity (Wildman–Crippen MR) is 127 cm³/mol. The lowest BCUT2D eigenvalue weighted by Crippen LogP contribution is -2.17. The number of thiazole rings is 1. The number of anilines is 1. The van der Waals surface area contributed by atoms with E-state index in [0.29, 0.717) is 16.2 Å². The summed E-state index contributed by atoms with van der Waals surface area (Å²) in [6.07, 6.45) is 4.92. The summed E-state index contributed by atoms with van der Waals surface area (Å²) in [4.78, 5) is 34.2. The summed E-state index contributed by atoms with van der Waals surface area (Å²) < 4.78 is 1.61. The van der Waals surface area contributed by atoms with Crippen molar-refractivity contribution in [3.63, 3.8) is 0 Å². The smallest absolute Gasteiger partial charge is 0.273 e. The molecule has 164 valence electrons. The van der Waals surface area contributed by atoms with E-state index < -0.39 is 0 Å². The topological polar surface area (TPSA) is 92.7 Å². The highest BCUT2D eigenvalue weighted by molar-refractivity contribution is 7.14. The summed E-state index contributed by atoms with van der Waals surface area (Å²) in [5.74, 6) is -0.170. The molecule has 0 atom stereocenters. The molecule has 1 amide bonds. The van der Waals surface area contributed by atoms with Crippen LogP contribution in [0.2, 0.25) is 0 Å². The van der Waals surface area contributed by atoms with Crippen LogP contribution in [0.4, 0.5) is 5.13 Å². The molecule has 3 aromatic heterocycles. The second kappa shape index (κ2) is 8.02.